The third-order valence-electron chi connectivity index (χ3n) is 4.02. The lowest BCUT2D eigenvalue weighted by Crippen LogP contribution is -2.33. The maximum Gasteiger partial charge on any atom is 0.354 e. The highest BCUT2D eigenvalue weighted by molar-refractivity contribution is 6.30. The van der Waals surface area contributed by atoms with Crippen molar-refractivity contribution in [3.63, 3.8) is 0 Å². The molecule has 1 aliphatic heterocycles. The largest absolute Gasteiger partial charge is 0.477 e. The van der Waals surface area contributed by atoms with Gasteiger partial charge in [-0.1, -0.05) is 11.6 Å². The molecule has 148 valence electrons. The maximum absolute atomic E-state index is 12.6. The van der Waals surface area contributed by atoms with Gasteiger partial charge >= 0.3 is 5.97 Å². The number of aromatic nitrogens is 3. The van der Waals surface area contributed by atoms with Crippen molar-refractivity contribution in [2.24, 2.45) is 0 Å². The number of carboxylic acid groups (broad SMARTS) is 1. The average Bonchev–Trinajstić information content (AvgIpc) is 2.89. The van der Waals surface area contributed by atoms with Crippen LogP contribution in [0.5, 0.6) is 0 Å². The Morgan fingerprint density at radius 3 is 2.79 bits per heavy atom. The third-order valence-corrected chi connectivity index (χ3v) is 4.24. The number of aromatic carboxylic acids is 1. The Balaban J connectivity index is 1.74. The summed E-state index contributed by atoms with van der Waals surface area (Å²) in [6, 6.07) is 4.24. The molecular formula is C17H18ClN5O5. The van der Waals surface area contributed by atoms with Gasteiger partial charge in [0.05, 0.1) is 11.6 Å². The van der Waals surface area contributed by atoms with Crippen LogP contribution in [0, 0.1) is 0 Å². The number of nitrogens with zero attached hydrogens (tertiary/aromatic N) is 4. The molecule has 0 spiro atoms. The fourth-order valence-electron chi connectivity index (χ4n) is 2.69. The highest BCUT2D eigenvalue weighted by Crippen LogP contribution is 2.12. The average molecular weight is 408 g/mol. The molecule has 0 saturated carbocycles. The van der Waals surface area contributed by atoms with Crippen LogP contribution in [-0.2, 0) is 16.1 Å². The molecule has 10 nitrogen and oxygen atoms in total. The number of pyridine rings is 1. The van der Waals surface area contributed by atoms with Gasteiger partial charge in [0, 0.05) is 32.0 Å². The molecule has 28 heavy (non-hydrogen) atoms. The van der Waals surface area contributed by atoms with E-state index in [1.807, 2.05) is 0 Å². The number of carbonyl (C=O) groups excluding carboxylic acids is 2. The molecule has 1 fully saturated rings. The number of hydrogen-bond acceptors (Lipinski definition) is 6. The summed E-state index contributed by atoms with van der Waals surface area (Å²) in [5.41, 5.74) is -0.287. The molecule has 2 aromatic rings. The van der Waals surface area contributed by atoms with Crippen LogP contribution in [0.2, 0.25) is 5.02 Å². The van der Waals surface area contributed by atoms with E-state index in [2.05, 4.69) is 15.4 Å². The molecule has 0 radical (unpaired) electrons. The summed E-state index contributed by atoms with van der Waals surface area (Å²) in [4.78, 5) is 41.8. The number of halogens is 1. The molecule has 1 saturated heterocycles. The van der Waals surface area contributed by atoms with Crippen LogP contribution in [0.25, 0.3) is 0 Å². The van der Waals surface area contributed by atoms with Gasteiger partial charge in [-0.2, -0.15) is 5.10 Å². The number of nitrogens with one attached hydrogen (secondary N) is 1. The number of carbonyl (C=O) groups is 3. The van der Waals surface area contributed by atoms with E-state index in [0.29, 0.717) is 37.7 Å². The molecule has 0 atom stereocenters. The Hall–Kier alpha value is -2.98. The zero-order chi connectivity index (χ0) is 20.1. The van der Waals surface area contributed by atoms with Crippen molar-refractivity contribution >= 4 is 35.2 Å². The fraction of sp³-hybridized carbons (Fsp3) is 0.353. The molecular weight excluding hydrogens is 390 g/mol. The highest BCUT2D eigenvalue weighted by atomic mass is 35.5. The first-order valence-corrected chi connectivity index (χ1v) is 8.91. The first-order valence-electron chi connectivity index (χ1n) is 8.53. The first-order chi connectivity index (χ1) is 13.4. The molecule has 0 aromatic carbocycles. The molecule has 2 aromatic heterocycles. The first kappa shape index (κ1) is 19.8. The summed E-state index contributed by atoms with van der Waals surface area (Å²) in [5, 5.41) is 16.4. The van der Waals surface area contributed by atoms with Gasteiger partial charge in [0.15, 0.2) is 5.69 Å². The molecule has 0 unspecified atom stereocenters. The van der Waals surface area contributed by atoms with Gasteiger partial charge in [0.25, 0.3) is 5.91 Å². The molecule has 3 heterocycles. The second-order valence-corrected chi connectivity index (χ2v) is 6.48. The molecule has 2 amide bonds. The number of ether oxygens (including phenoxy) is 1. The van der Waals surface area contributed by atoms with Gasteiger partial charge < -0.3 is 20.1 Å². The minimum absolute atomic E-state index is 0.0308. The van der Waals surface area contributed by atoms with Crippen LogP contribution in [0.15, 0.2) is 24.4 Å². The summed E-state index contributed by atoms with van der Waals surface area (Å²) in [6.45, 7) is 1.49. The van der Waals surface area contributed by atoms with Crippen LogP contribution >= 0.6 is 11.6 Å². The Bertz CT molecular complexity index is 875. The van der Waals surface area contributed by atoms with Crippen molar-refractivity contribution in [3.8, 4) is 0 Å². The van der Waals surface area contributed by atoms with Crippen LogP contribution < -0.4 is 5.32 Å². The molecule has 0 aliphatic carbocycles. The fourth-order valence-corrected chi connectivity index (χ4v) is 2.81. The highest BCUT2D eigenvalue weighted by Gasteiger charge is 2.24. The SMILES string of the molecule is O=C(Cn1nc(C(=O)N2CCCOCC2)cc1C(=O)O)Nc1ccc(Cl)cn1. The zero-order valence-corrected chi connectivity index (χ0v) is 15.6. The predicted molar refractivity (Wildman–Crippen MR) is 98.4 cm³/mol. The number of carboxylic acids is 1. The number of hydrogen-bond donors (Lipinski definition) is 2. The van der Waals surface area contributed by atoms with E-state index in [9.17, 15) is 19.5 Å². The molecule has 0 bridgehead atoms. The van der Waals surface area contributed by atoms with Crippen molar-refractivity contribution in [1.29, 1.82) is 0 Å². The quantitative estimate of drug-likeness (QED) is 0.760. The van der Waals surface area contributed by atoms with E-state index in [4.69, 9.17) is 16.3 Å². The van der Waals surface area contributed by atoms with E-state index in [1.54, 1.807) is 11.0 Å². The van der Waals surface area contributed by atoms with Crippen molar-refractivity contribution in [1.82, 2.24) is 19.7 Å². The van der Waals surface area contributed by atoms with Crippen molar-refractivity contribution in [2.75, 3.05) is 31.6 Å². The second kappa shape index (κ2) is 8.81. The van der Waals surface area contributed by atoms with Crippen molar-refractivity contribution in [3.05, 3.63) is 40.8 Å². The summed E-state index contributed by atoms with van der Waals surface area (Å²) in [5.74, 6) is -1.96. The van der Waals surface area contributed by atoms with Crippen molar-refractivity contribution < 1.29 is 24.2 Å². The minimum Gasteiger partial charge on any atom is -0.477 e. The standard InChI is InChI=1S/C17H18ClN5O5/c18-11-2-3-14(19-9-11)20-15(24)10-23-13(17(26)27)8-12(21-23)16(25)22-4-1-6-28-7-5-22/h2-3,8-9H,1,4-7,10H2,(H,26,27)(H,19,20,24). The second-order valence-electron chi connectivity index (χ2n) is 6.05. The Kier molecular flexibility index (Phi) is 6.22. The van der Waals surface area contributed by atoms with Crippen LogP contribution in [0.3, 0.4) is 0 Å². The third kappa shape index (κ3) is 4.84. The lowest BCUT2D eigenvalue weighted by atomic mass is 10.3. The van der Waals surface area contributed by atoms with Gasteiger partial charge in [0.2, 0.25) is 5.91 Å². The summed E-state index contributed by atoms with van der Waals surface area (Å²) < 4.78 is 6.30. The molecule has 11 heteroatoms. The summed E-state index contributed by atoms with van der Waals surface area (Å²) in [7, 11) is 0. The maximum atomic E-state index is 12.6. The number of rotatable bonds is 5. The van der Waals surface area contributed by atoms with E-state index in [0.717, 1.165) is 4.68 Å². The van der Waals surface area contributed by atoms with E-state index >= 15 is 0 Å². The molecule has 2 N–H and O–H groups in total. The van der Waals surface area contributed by atoms with Gasteiger partial charge in [-0.05, 0) is 18.6 Å². The van der Waals surface area contributed by atoms with Gasteiger partial charge in [0.1, 0.15) is 18.1 Å². The van der Waals surface area contributed by atoms with E-state index < -0.39 is 17.8 Å². The smallest absolute Gasteiger partial charge is 0.354 e. The normalized spacial score (nSPS) is 14.4. The Morgan fingerprint density at radius 1 is 1.25 bits per heavy atom. The van der Waals surface area contributed by atoms with Crippen molar-refractivity contribution in [2.45, 2.75) is 13.0 Å². The summed E-state index contributed by atoms with van der Waals surface area (Å²) in [6.07, 6.45) is 2.06. The molecule has 3 rings (SSSR count). The van der Waals surface area contributed by atoms with E-state index in [1.165, 1.54) is 18.3 Å². The minimum atomic E-state index is -1.29. The summed E-state index contributed by atoms with van der Waals surface area (Å²) >= 11 is 5.74. The number of amides is 2. The van der Waals surface area contributed by atoms with Crippen LogP contribution in [-0.4, -0.2) is 68.9 Å². The monoisotopic (exact) mass is 407 g/mol. The van der Waals surface area contributed by atoms with Crippen LogP contribution in [0.1, 0.15) is 27.4 Å². The van der Waals surface area contributed by atoms with Gasteiger partial charge in [-0.25, -0.2) is 14.5 Å². The zero-order valence-electron chi connectivity index (χ0n) is 14.8. The lowest BCUT2D eigenvalue weighted by Gasteiger charge is -2.17. The topological polar surface area (TPSA) is 127 Å². The number of anilines is 1. The predicted octanol–water partition coefficient (Wildman–Crippen LogP) is 1.13. The van der Waals surface area contributed by atoms with Gasteiger partial charge in [-0.3, -0.25) is 9.59 Å². The van der Waals surface area contributed by atoms with Crippen LogP contribution in [0.4, 0.5) is 5.82 Å². The molecule has 1 aliphatic rings. The Morgan fingerprint density at radius 2 is 2.07 bits per heavy atom. The van der Waals surface area contributed by atoms with E-state index in [-0.39, 0.29) is 23.8 Å². The lowest BCUT2D eigenvalue weighted by molar-refractivity contribution is -0.116. The Labute approximate surface area is 165 Å². The van der Waals surface area contributed by atoms with Gasteiger partial charge in [-0.15, -0.1) is 0 Å².